The summed E-state index contributed by atoms with van der Waals surface area (Å²) in [6.45, 7) is -1.19. The highest BCUT2D eigenvalue weighted by atomic mass is 32.2. The number of methoxy groups -OCH3 is 1. The standard InChI is InChI=1S/C20H24F2N2O4S/c1-24(15-3-5-16(6-4-15)28-20(21)22)29(25,26)17-7-8-19(27-2)18(13-17)14-9-11-23-12-10-14/h3-8,13-14,20,23H,9-12H2,1-2H3. The molecule has 1 heterocycles. The molecule has 0 aromatic heterocycles. The van der Waals surface area contributed by atoms with Crippen molar-refractivity contribution in [2.24, 2.45) is 0 Å². The van der Waals surface area contributed by atoms with E-state index < -0.39 is 16.6 Å². The van der Waals surface area contributed by atoms with E-state index in [4.69, 9.17) is 4.74 Å². The zero-order valence-electron chi connectivity index (χ0n) is 16.3. The number of piperidine rings is 1. The Hall–Kier alpha value is -2.39. The van der Waals surface area contributed by atoms with E-state index in [0.29, 0.717) is 11.4 Å². The summed E-state index contributed by atoms with van der Waals surface area (Å²) >= 11 is 0. The van der Waals surface area contributed by atoms with Crippen molar-refractivity contribution in [2.45, 2.75) is 30.3 Å². The first-order valence-corrected chi connectivity index (χ1v) is 10.7. The molecule has 3 rings (SSSR count). The van der Waals surface area contributed by atoms with Gasteiger partial charge in [0.15, 0.2) is 0 Å². The van der Waals surface area contributed by atoms with Crippen molar-refractivity contribution in [1.82, 2.24) is 5.32 Å². The van der Waals surface area contributed by atoms with Crippen molar-refractivity contribution in [1.29, 1.82) is 0 Å². The number of halogens is 2. The van der Waals surface area contributed by atoms with Gasteiger partial charge in [0.1, 0.15) is 11.5 Å². The molecule has 0 saturated carbocycles. The monoisotopic (exact) mass is 426 g/mol. The van der Waals surface area contributed by atoms with Crippen molar-refractivity contribution >= 4 is 15.7 Å². The van der Waals surface area contributed by atoms with E-state index in [2.05, 4.69) is 10.1 Å². The Morgan fingerprint density at radius 1 is 1.10 bits per heavy atom. The van der Waals surface area contributed by atoms with Crippen LogP contribution in [0, 0.1) is 0 Å². The highest BCUT2D eigenvalue weighted by Crippen LogP contribution is 2.35. The van der Waals surface area contributed by atoms with Crippen LogP contribution in [0.1, 0.15) is 24.3 Å². The first kappa shape index (κ1) is 21.3. The summed E-state index contributed by atoms with van der Waals surface area (Å²) in [6, 6.07) is 10.3. The Kier molecular flexibility index (Phi) is 6.59. The van der Waals surface area contributed by atoms with Gasteiger partial charge in [0.2, 0.25) is 0 Å². The minimum absolute atomic E-state index is 0.0350. The predicted octanol–water partition coefficient (Wildman–Crippen LogP) is 3.59. The third-order valence-corrected chi connectivity index (χ3v) is 6.85. The van der Waals surface area contributed by atoms with E-state index >= 15 is 0 Å². The number of ether oxygens (including phenoxy) is 2. The van der Waals surface area contributed by atoms with Crippen LogP contribution in [-0.2, 0) is 10.0 Å². The van der Waals surface area contributed by atoms with Gasteiger partial charge in [-0.15, -0.1) is 0 Å². The van der Waals surface area contributed by atoms with Gasteiger partial charge in [0.25, 0.3) is 10.0 Å². The van der Waals surface area contributed by atoms with Crippen molar-refractivity contribution < 1.29 is 26.7 Å². The van der Waals surface area contributed by atoms with Crippen LogP contribution in [0.2, 0.25) is 0 Å². The van der Waals surface area contributed by atoms with Crippen LogP contribution >= 0.6 is 0 Å². The predicted molar refractivity (Wildman–Crippen MR) is 107 cm³/mol. The first-order chi connectivity index (χ1) is 13.8. The fourth-order valence-corrected chi connectivity index (χ4v) is 4.69. The minimum atomic E-state index is -3.84. The third kappa shape index (κ3) is 4.79. The molecule has 29 heavy (non-hydrogen) atoms. The maximum absolute atomic E-state index is 13.2. The number of rotatable bonds is 7. The summed E-state index contributed by atoms with van der Waals surface area (Å²) in [5.41, 5.74) is 1.22. The molecule has 1 N–H and O–H groups in total. The molecule has 6 nitrogen and oxygen atoms in total. The molecule has 0 amide bonds. The summed E-state index contributed by atoms with van der Waals surface area (Å²) in [6.07, 6.45) is 1.81. The molecule has 0 spiro atoms. The van der Waals surface area contributed by atoms with Crippen LogP contribution in [0.3, 0.4) is 0 Å². The number of alkyl halides is 2. The first-order valence-electron chi connectivity index (χ1n) is 9.25. The normalized spacial score (nSPS) is 15.3. The molecule has 0 aliphatic carbocycles. The lowest BCUT2D eigenvalue weighted by atomic mass is 9.89. The zero-order chi connectivity index (χ0) is 21.0. The molecular formula is C20H24F2N2O4S. The maximum Gasteiger partial charge on any atom is 0.387 e. The number of nitrogens with zero attached hydrogens (tertiary/aromatic N) is 1. The third-order valence-electron chi connectivity index (χ3n) is 5.06. The Morgan fingerprint density at radius 3 is 2.34 bits per heavy atom. The van der Waals surface area contributed by atoms with Gasteiger partial charge in [-0.05, 0) is 79.9 Å². The molecule has 1 saturated heterocycles. The Bertz CT molecular complexity index is 930. The Labute approximate surface area is 169 Å². The SMILES string of the molecule is COc1ccc(S(=O)(=O)N(C)c2ccc(OC(F)F)cc2)cc1C1CCNCC1. The lowest BCUT2D eigenvalue weighted by molar-refractivity contribution is -0.0498. The summed E-state index contributed by atoms with van der Waals surface area (Å²) in [5.74, 6) is 0.858. The second-order valence-electron chi connectivity index (χ2n) is 6.77. The van der Waals surface area contributed by atoms with Crippen molar-refractivity contribution in [3.05, 3.63) is 48.0 Å². The van der Waals surface area contributed by atoms with Gasteiger partial charge < -0.3 is 14.8 Å². The molecule has 9 heteroatoms. The summed E-state index contributed by atoms with van der Waals surface area (Å²) in [5, 5.41) is 3.30. The van der Waals surface area contributed by atoms with E-state index in [9.17, 15) is 17.2 Å². The summed E-state index contributed by atoms with van der Waals surface area (Å²) < 4.78 is 61.8. The van der Waals surface area contributed by atoms with Gasteiger partial charge in [-0.25, -0.2) is 8.42 Å². The van der Waals surface area contributed by atoms with Crippen molar-refractivity contribution in [3.8, 4) is 11.5 Å². The molecule has 1 aliphatic rings. The van der Waals surface area contributed by atoms with Crippen LogP contribution in [0.25, 0.3) is 0 Å². The lowest BCUT2D eigenvalue weighted by Gasteiger charge is -2.26. The van der Waals surface area contributed by atoms with Crippen molar-refractivity contribution in [2.75, 3.05) is 31.6 Å². The number of anilines is 1. The number of hydrogen-bond donors (Lipinski definition) is 1. The Morgan fingerprint density at radius 2 is 1.76 bits per heavy atom. The molecule has 2 aromatic carbocycles. The topological polar surface area (TPSA) is 67.9 Å². The lowest BCUT2D eigenvalue weighted by Crippen LogP contribution is -2.28. The maximum atomic E-state index is 13.2. The fourth-order valence-electron chi connectivity index (χ4n) is 3.46. The fraction of sp³-hybridized carbons (Fsp3) is 0.400. The van der Waals surface area contributed by atoms with E-state index in [0.717, 1.165) is 35.8 Å². The van der Waals surface area contributed by atoms with Crippen LogP contribution in [0.4, 0.5) is 14.5 Å². The number of sulfonamides is 1. The molecule has 0 atom stereocenters. The number of hydrogen-bond acceptors (Lipinski definition) is 5. The zero-order valence-corrected chi connectivity index (χ0v) is 17.1. The van der Waals surface area contributed by atoms with E-state index in [1.807, 2.05) is 0 Å². The summed E-state index contributed by atoms with van der Waals surface area (Å²) in [7, 11) is -0.845. The number of benzene rings is 2. The Balaban J connectivity index is 1.89. The second-order valence-corrected chi connectivity index (χ2v) is 8.74. The molecule has 158 valence electrons. The molecule has 1 aliphatic heterocycles. The van der Waals surface area contributed by atoms with Crippen LogP contribution < -0.4 is 19.1 Å². The number of nitrogens with one attached hydrogen (secondary N) is 1. The van der Waals surface area contributed by atoms with Gasteiger partial charge in [-0.3, -0.25) is 4.31 Å². The molecule has 0 unspecified atom stereocenters. The minimum Gasteiger partial charge on any atom is -0.496 e. The second kappa shape index (κ2) is 8.96. The van der Waals surface area contributed by atoms with Crippen LogP contribution in [0.15, 0.2) is 47.4 Å². The molecule has 0 bridgehead atoms. The highest BCUT2D eigenvalue weighted by molar-refractivity contribution is 7.92. The summed E-state index contributed by atoms with van der Waals surface area (Å²) in [4.78, 5) is 0.155. The molecule has 1 fully saturated rings. The largest absolute Gasteiger partial charge is 0.496 e. The van der Waals surface area contributed by atoms with E-state index in [1.54, 1.807) is 19.2 Å². The van der Waals surface area contributed by atoms with Crippen molar-refractivity contribution in [3.63, 3.8) is 0 Å². The quantitative estimate of drug-likeness (QED) is 0.733. The van der Waals surface area contributed by atoms with Gasteiger partial charge >= 0.3 is 6.61 Å². The smallest absolute Gasteiger partial charge is 0.387 e. The van der Waals surface area contributed by atoms with Gasteiger partial charge in [0.05, 0.1) is 17.7 Å². The van der Waals surface area contributed by atoms with Gasteiger partial charge in [0, 0.05) is 7.05 Å². The van der Waals surface area contributed by atoms with E-state index in [1.165, 1.54) is 37.4 Å². The van der Waals surface area contributed by atoms with Gasteiger partial charge in [-0.2, -0.15) is 8.78 Å². The average molecular weight is 426 g/mol. The molecule has 2 aromatic rings. The average Bonchev–Trinajstić information content (AvgIpc) is 2.73. The van der Waals surface area contributed by atoms with Gasteiger partial charge in [-0.1, -0.05) is 0 Å². The molecule has 0 radical (unpaired) electrons. The van der Waals surface area contributed by atoms with E-state index in [-0.39, 0.29) is 16.6 Å². The highest BCUT2D eigenvalue weighted by Gasteiger charge is 2.26. The molecular weight excluding hydrogens is 402 g/mol. The van der Waals surface area contributed by atoms with Crippen LogP contribution in [0.5, 0.6) is 11.5 Å². The van der Waals surface area contributed by atoms with Crippen LogP contribution in [-0.4, -0.2) is 42.3 Å².